The van der Waals surface area contributed by atoms with E-state index in [0.717, 1.165) is 11.1 Å². The van der Waals surface area contributed by atoms with Crippen LogP contribution in [0.25, 0.3) is 11.6 Å². The van der Waals surface area contributed by atoms with Crippen LogP contribution in [0.5, 0.6) is 11.5 Å². The summed E-state index contributed by atoms with van der Waals surface area (Å²) < 4.78 is 6.11. The second-order valence-corrected chi connectivity index (χ2v) is 13.0. The zero-order valence-electron chi connectivity index (χ0n) is 27.2. The van der Waals surface area contributed by atoms with E-state index in [1.165, 1.54) is 11.0 Å². The van der Waals surface area contributed by atoms with E-state index in [0.29, 0.717) is 53.2 Å². The molecule has 1 aliphatic carbocycles. The maximum absolute atomic E-state index is 13.8. The molecule has 3 aromatic rings. The largest absolute Gasteiger partial charge is 0.508 e. The Labute approximate surface area is 291 Å². The van der Waals surface area contributed by atoms with E-state index in [-0.39, 0.29) is 50.0 Å². The first-order valence-corrected chi connectivity index (χ1v) is 17.1. The third-order valence-electron chi connectivity index (χ3n) is 9.41. The van der Waals surface area contributed by atoms with E-state index < -0.39 is 36.4 Å². The third kappa shape index (κ3) is 8.78. The van der Waals surface area contributed by atoms with Crippen molar-refractivity contribution in [1.82, 2.24) is 4.90 Å². The third-order valence-corrected chi connectivity index (χ3v) is 9.73. The normalized spacial score (nSPS) is 20.0. The van der Waals surface area contributed by atoms with Crippen molar-refractivity contribution >= 4 is 41.0 Å². The lowest BCUT2D eigenvalue weighted by Crippen LogP contribution is -2.40. The number of ether oxygens (including phenoxy) is 1. The van der Waals surface area contributed by atoms with Crippen LogP contribution in [0.15, 0.2) is 90.0 Å². The number of rotatable bonds is 16. The number of aliphatic hydroxyl groups is 2. The van der Waals surface area contributed by atoms with E-state index in [9.17, 15) is 29.7 Å². The van der Waals surface area contributed by atoms with Gasteiger partial charge < -0.3 is 25.2 Å². The Hall–Kier alpha value is -4.44. The lowest BCUT2D eigenvalue weighted by atomic mass is 9.68. The van der Waals surface area contributed by atoms with Gasteiger partial charge in [-0.15, -0.1) is 0 Å². The van der Waals surface area contributed by atoms with Crippen molar-refractivity contribution < 1.29 is 39.5 Å². The summed E-state index contributed by atoms with van der Waals surface area (Å²) in [5, 5.41) is 41.9. The monoisotopic (exact) mass is 687 g/mol. The number of hydrogen-bond acceptors (Lipinski definition) is 7. The van der Waals surface area contributed by atoms with Gasteiger partial charge in [-0.1, -0.05) is 66.6 Å². The lowest BCUT2D eigenvalue weighted by molar-refractivity contribution is -0.141. The summed E-state index contributed by atoms with van der Waals surface area (Å²) in [6, 6.07) is 23.6. The summed E-state index contributed by atoms with van der Waals surface area (Å²) >= 11 is 6.45. The van der Waals surface area contributed by atoms with Gasteiger partial charge in [0.15, 0.2) is 0 Å². The molecule has 10 heteroatoms. The summed E-state index contributed by atoms with van der Waals surface area (Å²) in [4.78, 5) is 39.6. The number of para-hydroxylation sites is 1. The molecule has 1 saturated heterocycles. The molecule has 1 heterocycles. The Balaban J connectivity index is 1.42. The Morgan fingerprint density at radius 2 is 1.67 bits per heavy atom. The molecule has 4 N–H and O–H groups in total. The number of phenolic OH excluding ortho intramolecular Hbond substituents is 1. The van der Waals surface area contributed by atoms with Gasteiger partial charge in [-0.3, -0.25) is 19.3 Å². The predicted octanol–water partition coefficient (Wildman–Crippen LogP) is 6.36. The SMILES string of the molecule is O=C(O)CCCCCN1C(=O)[C@@H]2[C@@H](CC(COc3ccccc3)=C([C@H](O)CC/C(=C/c3ccc(O)cc3Cl)c3ccccc3)[C@@H]2CO)C1=O. The van der Waals surface area contributed by atoms with Crippen LogP contribution in [0.2, 0.25) is 5.02 Å². The van der Waals surface area contributed by atoms with Gasteiger partial charge >= 0.3 is 5.97 Å². The van der Waals surface area contributed by atoms with Crippen LogP contribution < -0.4 is 4.74 Å². The van der Waals surface area contributed by atoms with Crippen molar-refractivity contribution in [1.29, 1.82) is 0 Å². The summed E-state index contributed by atoms with van der Waals surface area (Å²) in [5.74, 6) is -3.19. The van der Waals surface area contributed by atoms with Gasteiger partial charge in [0.25, 0.3) is 0 Å². The number of aliphatic carboxylic acids is 1. The number of allylic oxidation sites excluding steroid dienone is 1. The van der Waals surface area contributed by atoms with Crippen LogP contribution in [0.1, 0.15) is 56.1 Å². The second kappa shape index (κ2) is 16.8. The maximum Gasteiger partial charge on any atom is 0.303 e. The van der Waals surface area contributed by atoms with Crippen LogP contribution in [-0.4, -0.2) is 69.0 Å². The molecule has 1 aliphatic heterocycles. The molecule has 0 saturated carbocycles. The Kier molecular flexibility index (Phi) is 12.3. The van der Waals surface area contributed by atoms with E-state index >= 15 is 0 Å². The van der Waals surface area contributed by atoms with Gasteiger partial charge in [0, 0.05) is 18.9 Å². The number of phenols is 1. The molecule has 0 radical (unpaired) electrons. The molecule has 4 atom stereocenters. The number of benzene rings is 3. The zero-order chi connectivity index (χ0) is 34.9. The van der Waals surface area contributed by atoms with E-state index in [1.807, 2.05) is 66.7 Å². The predicted molar refractivity (Wildman–Crippen MR) is 187 cm³/mol. The van der Waals surface area contributed by atoms with Gasteiger partial charge in [-0.2, -0.15) is 0 Å². The van der Waals surface area contributed by atoms with Crippen molar-refractivity contribution in [2.24, 2.45) is 17.8 Å². The number of imide groups is 1. The quantitative estimate of drug-likeness (QED) is 0.0589. The molecular formula is C39H42ClNO8. The standard InChI is InChI=1S/C39H42ClNO8/c40-33-22-29(43)17-15-27(33)20-26(25-10-4-1-5-11-25)16-18-34(44)36-28(24-49-30-12-6-2-7-13-30)21-31-37(32(36)23-42)39(48)41(38(31)47)19-9-3-8-14-35(45)46/h1-2,4-7,10-13,15,17,20,22,31-32,34,37,42-44H,3,8-9,14,16,18-19,21,23-24H2,(H,45,46)/b26-20-/t31-,32+,34-,37-/m1/s1. The molecule has 49 heavy (non-hydrogen) atoms. The van der Waals surface area contributed by atoms with Crippen LogP contribution in [0.3, 0.4) is 0 Å². The summed E-state index contributed by atoms with van der Waals surface area (Å²) in [5.41, 5.74) is 3.74. The number of carbonyl (C=O) groups excluding carboxylic acids is 2. The highest BCUT2D eigenvalue weighted by Crippen LogP contribution is 2.46. The van der Waals surface area contributed by atoms with Gasteiger partial charge in [0.05, 0.1) is 29.6 Å². The van der Waals surface area contributed by atoms with Crippen LogP contribution in [0.4, 0.5) is 0 Å². The minimum Gasteiger partial charge on any atom is -0.508 e. The molecule has 258 valence electrons. The van der Waals surface area contributed by atoms with Gasteiger partial charge in [0.2, 0.25) is 11.8 Å². The molecule has 0 unspecified atom stereocenters. The highest BCUT2D eigenvalue weighted by molar-refractivity contribution is 6.32. The number of amides is 2. The van der Waals surface area contributed by atoms with Crippen molar-refractivity contribution in [3.8, 4) is 11.5 Å². The molecule has 2 amide bonds. The number of hydrogen-bond donors (Lipinski definition) is 4. The fraction of sp³-hybridized carbons (Fsp3) is 0.359. The highest BCUT2D eigenvalue weighted by atomic mass is 35.5. The molecule has 0 aromatic heterocycles. The molecule has 9 nitrogen and oxygen atoms in total. The lowest BCUT2D eigenvalue weighted by Gasteiger charge is -2.36. The Morgan fingerprint density at radius 3 is 2.35 bits per heavy atom. The summed E-state index contributed by atoms with van der Waals surface area (Å²) in [6.45, 7) is -0.170. The number of halogens is 1. The first kappa shape index (κ1) is 35.9. The Bertz CT molecular complexity index is 1690. The van der Waals surface area contributed by atoms with Crippen LogP contribution >= 0.6 is 11.6 Å². The first-order chi connectivity index (χ1) is 23.7. The molecule has 3 aromatic carbocycles. The number of nitrogens with zero attached hydrogens (tertiary/aromatic N) is 1. The van der Waals surface area contributed by atoms with E-state index in [1.54, 1.807) is 12.1 Å². The average Bonchev–Trinajstić information content (AvgIpc) is 3.34. The van der Waals surface area contributed by atoms with Gasteiger partial charge in [-0.25, -0.2) is 0 Å². The first-order valence-electron chi connectivity index (χ1n) is 16.7. The molecule has 1 fully saturated rings. The number of aromatic hydroxyl groups is 1. The van der Waals surface area contributed by atoms with Gasteiger partial charge in [-0.05, 0) is 96.4 Å². The number of carbonyl (C=O) groups is 3. The van der Waals surface area contributed by atoms with Crippen molar-refractivity contribution in [2.75, 3.05) is 19.8 Å². The molecule has 2 aliphatic rings. The fourth-order valence-electron chi connectivity index (χ4n) is 7.01. The second-order valence-electron chi connectivity index (χ2n) is 12.6. The smallest absolute Gasteiger partial charge is 0.303 e. The number of carboxylic acids is 1. The highest BCUT2D eigenvalue weighted by Gasteiger charge is 2.54. The maximum atomic E-state index is 13.8. The number of fused-ring (bicyclic) bond motifs is 1. The number of unbranched alkanes of at least 4 members (excludes halogenated alkanes) is 2. The van der Waals surface area contributed by atoms with Crippen molar-refractivity contribution in [2.45, 2.75) is 51.0 Å². The van der Waals surface area contributed by atoms with Crippen molar-refractivity contribution in [3.05, 3.63) is 106 Å². The zero-order valence-corrected chi connectivity index (χ0v) is 28.0. The number of aliphatic hydroxyl groups excluding tert-OH is 2. The Morgan fingerprint density at radius 1 is 0.959 bits per heavy atom. The molecule has 5 rings (SSSR count). The van der Waals surface area contributed by atoms with Gasteiger partial charge in [0.1, 0.15) is 18.1 Å². The summed E-state index contributed by atoms with van der Waals surface area (Å²) in [7, 11) is 0. The minimum atomic E-state index is -1.05. The summed E-state index contributed by atoms with van der Waals surface area (Å²) in [6.07, 6.45) is 3.28. The average molecular weight is 688 g/mol. The molecule has 0 spiro atoms. The molecular weight excluding hydrogens is 646 g/mol. The number of carboxylic acid groups (broad SMARTS) is 1. The van der Waals surface area contributed by atoms with Crippen LogP contribution in [-0.2, 0) is 14.4 Å². The van der Waals surface area contributed by atoms with Crippen LogP contribution in [0, 0.1) is 17.8 Å². The minimum absolute atomic E-state index is 0.0266. The van der Waals surface area contributed by atoms with E-state index in [4.69, 9.17) is 21.4 Å². The molecule has 0 bridgehead atoms. The number of likely N-dealkylation sites (tertiary alicyclic amines) is 1. The fourth-order valence-corrected chi connectivity index (χ4v) is 7.24. The topological polar surface area (TPSA) is 145 Å². The van der Waals surface area contributed by atoms with E-state index in [2.05, 4.69) is 0 Å². The van der Waals surface area contributed by atoms with Crippen molar-refractivity contribution in [3.63, 3.8) is 0 Å².